The molecule has 40 heavy (non-hydrogen) atoms. The number of aryl methyl sites for hydroxylation is 3. The van der Waals surface area contributed by atoms with E-state index in [2.05, 4.69) is 16.8 Å². The molecular formula is C30H38N5O5+. The number of benzene rings is 1. The molecule has 0 saturated carbocycles. The molecule has 2 aliphatic rings. The van der Waals surface area contributed by atoms with Crippen LogP contribution in [-0.2, 0) is 30.1 Å². The topological polar surface area (TPSA) is 101 Å². The molecule has 1 saturated heterocycles. The van der Waals surface area contributed by atoms with Crippen LogP contribution in [0.25, 0.3) is 0 Å². The van der Waals surface area contributed by atoms with Crippen molar-refractivity contribution >= 4 is 17.6 Å². The number of carboxylic acids is 1. The zero-order valence-corrected chi connectivity index (χ0v) is 23.4. The summed E-state index contributed by atoms with van der Waals surface area (Å²) in [5.41, 5.74) is 1.72. The Morgan fingerprint density at radius 2 is 2.05 bits per heavy atom. The second kappa shape index (κ2) is 12.1. The first-order chi connectivity index (χ1) is 19.4. The number of amides is 1. The summed E-state index contributed by atoms with van der Waals surface area (Å²) < 4.78 is 15.0. The number of carboxylic acid groups (broad SMARTS) is 1. The molecule has 3 atom stereocenters. The molecule has 1 unspecified atom stereocenters. The minimum Gasteiger partial charge on any atom is -0.481 e. The van der Waals surface area contributed by atoms with Crippen molar-refractivity contribution in [3.8, 4) is 11.5 Å². The number of aliphatic carboxylic acids is 1. The number of ether oxygens (including phenoxy) is 2. The van der Waals surface area contributed by atoms with Crippen molar-refractivity contribution in [1.82, 2.24) is 14.5 Å². The fourth-order valence-corrected chi connectivity index (χ4v) is 5.95. The second-order valence-corrected chi connectivity index (χ2v) is 10.7. The molecule has 0 radical (unpaired) electrons. The summed E-state index contributed by atoms with van der Waals surface area (Å²) >= 11 is 0. The summed E-state index contributed by atoms with van der Waals surface area (Å²) in [6.07, 6.45) is 10.6. The molecule has 0 aliphatic carbocycles. The van der Waals surface area contributed by atoms with E-state index in [9.17, 15) is 14.7 Å². The van der Waals surface area contributed by atoms with Crippen molar-refractivity contribution in [2.24, 2.45) is 20.0 Å². The molecule has 4 heterocycles. The Labute approximate surface area is 234 Å². The van der Waals surface area contributed by atoms with Gasteiger partial charge >= 0.3 is 5.97 Å². The van der Waals surface area contributed by atoms with Crippen LogP contribution in [0.5, 0.6) is 11.5 Å². The Hall–Kier alpha value is -3.92. The monoisotopic (exact) mass is 548 g/mol. The van der Waals surface area contributed by atoms with Crippen LogP contribution in [0, 0.1) is 5.92 Å². The van der Waals surface area contributed by atoms with Crippen LogP contribution in [0.4, 0.5) is 5.69 Å². The number of hydrogen-bond donors (Lipinski definition) is 1. The van der Waals surface area contributed by atoms with Gasteiger partial charge in [0, 0.05) is 57.0 Å². The standard InChI is InChI=1S/C30H37N5O5/c1-4-5-14-35(22-7-6-13-32(2)17-22)28(36)19-34-18-23(21-8-10-25-26(16-21)40-20-39-25)29(30(37)38)24(34)9-11-27-31-12-15-33(27)3/h6-8,10,12-13,15-17,23-24,29H,4-5,9,11,14,18-20H2,1-3H3/p+1/t23-,24+,29?/m1/s1. The highest BCUT2D eigenvalue weighted by atomic mass is 16.7. The van der Waals surface area contributed by atoms with Crippen LogP contribution in [0.3, 0.4) is 0 Å². The predicted octanol–water partition coefficient (Wildman–Crippen LogP) is 2.91. The van der Waals surface area contributed by atoms with Crippen molar-refractivity contribution in [3.05, 3.63) is 66.5 Å². The number of unbranched alkanes of at least 4 members (excludes halogenated alkanes) is 1. The summed E-state index contributed by atoms with van der Waals surface area (Å²) in [6, 6.07) is 9.20. The molecular weight excluding hydrogens is 510 g/mol. The van der Waals surface area contributed by atoms with Gasteiger partial charge in [-0.25, -0.2) is 9.55 Å². The lowest BCUT2D eigenvalue weighted by molar-refractivity contribution is -0.670. The number of imidazole rings is 1. The van der Waals surface area contributed by atoms with E-state index in [1.54, 1.807) is 6.20 Å². The lowest BCUT2D eigenvalue weighted by Gasteiger charge is -2.29. The van der Waals surface area contributed by atoms with Gasteiger partial charge in [0.15, 0.2) is 23.9 Å². The second-order valence-electron chi connectivity index (χ2n) is 10.7. The van der Waals surface area contributed by atoms with Crippen molar-refractivity contribution in [2.45, 2.75) is 44.6 Å². The fourth-order valence-electron chi connectivity index (χ4n) is 5.95. The normalized spacial score (nSPS) is 20.1. The zero-order valence-electron chi connectivity index (χ0n) is 23.4. The Balaban J connectivity index is 1.44. The smallest absolute Gasteiger partial charge is 0.308 e. The van der Waals surface area contributed by atoms with E-state index in [0.717, 1.165) is 29.9 Å². The van der Waals surface area contributed by atoms with Gasteiger partial charge in [-0.2, -0.15) is 0 Å². The number of likely N-dealkylation sites (tertiary alicyclic amines) is 1. The van der Waals surface area contributed by atoms with Crippen LogP contribution >= 0.6 is 0 Å². The number of fused-ring (bicyclic) bond motifs is 1. The van der Waals surface area contributed by atoms with E-state index in [1.165, 1.54) is 0 Å². The van der Waals surface area contributed by atoms with Gasteiger partial charge < -0.3 is 24.0 Å². The van der Waals surface area contributed by atoms with Gasteiger partial charge in [-0.1, -0.05) is 19.4 Å². The number of rotatable bonds is 11. The lowest BCUT2D eigenvalue weighted by Crippen LogP contribution is -2.45. The number of hydrogen-bond acceptors (Lipinski definition) is 6. The summed E-state index contributed by atoms with van der Waals surface area (Å²) in [5, 5.41) is 10.5. The third-order valence-corrected chi connectivity index (χ3v) is 8.05. The summed E-state index contributed by atoms with van der Waals surface area (Å²) in [6.45, 7) is 3.47. The predicted molar refractivity (Wildman–Crippen MR) is 148 cm³/mol. The summed E-state index contributed by atoms with van der Waals surface area (Å²) in [4.78, 5) is 35.1. The molecule has 5 rings (SSSR count). The Morgan fingerprint density at radius 3 is 2.77 bits per heavy atom. The first-order valence-electron chi connectivity index (χ1n) is 13.9. The number of nitrogens with zero attached hydrogens (tertiary/aromatic N) is 5. The highest BCUT2D eigenvalue weighted by Crippen LogP contribution is 2.43. The third kappa shape index (κ3) is 5.82. The van der Waals surface area contributed by atoms with Crippen molar-refractivity contribution in [1.29, 1.82) is 0 Å². The first-order valence-corrected chi connectivity index (χ1v) is 13.9. The molecule has 1 aromatic carbocycles. The van der Waals surface area contributed by atoms with Gasteiger partial charge in [0.2, 0.25) is 12.7 Å². The quantitative estimate of drug-likeness (QED) is 0.368. The van der Waals surface area contributed by atoms with Crippen LogP contribution in [0.2, 0.25) is 0 Å². The van der Waals surface area contributed by atoms with Crippen LogP contribution < -0.4 is 18.9 Å². The number of aromatic nitrogens is 3. The molecule has 3 aromatic rings. The number of anilines is 1. The first kappa shape index (κ1) is 27.6. The third-order valence-electron chi connectivity index (χ3n) is 8.05. The van der Waals surface area contributed by atoms with Gasteiger partial charge in [0.05, 0.1) is 12.5 Å². The maximum Gasteiger partial charge on any atom is 0.308 e. The Kier molecular flexibility index (Phi) is 8.35. The van der Waals surface area contributed by atoms with Gasteiger partial charge in [-0.05, 0) is 36.6 Å². The minimum atomic E-state index is -0.861. The minimum absolute atomic E-state index is 0.0304. The van der Waals surface area contributed by atoms with Gasteiger partial charge in [-0.3, -0.25) is 14.5 Å². The van der Waals surface area contributed by atoms with Crippen LogP contribution in [-0.4, -0.2) is 63.9 Å². The molecule has 10 nitrogen and oxygen atoms in total. The van der Waals surface area contributed by atoms with E-state index in [1.807, 2.05) is 77.1 Å². The summed E-state index contributed by atoms with van der Waals surface area (Å²) in [7, 11) is 3.88. The van der Waals surface area contributed by atoms with E-state index in [4.69, 9.17) is 9.47 Å². The van der Waals surface area contributed by atoms with Crippen molar-refractivity contribution < 1.29 is 28.7 Å². The van der Waals surface area contributed by atoms with Gasteiger partial charge in [-0.15, -0.1) is 0 Å². The molecule has 0 bridgehead atoms. The fraction of sp³-hybridized carbons (Fsp3) is 0.467. The molecule has 10 heteroatoms. The van der Waals surface area contributed by atoms with Gasteiger partial charge in [0.25, 0.3) is 0 Å². The largest absolute Gasteiger partial charge is 0.481 e. The zero-order chi connectivity index (χ0) is 28.2. The molecule has 1 fully saturated rings. The number of carbonyl (C=O) groups excluding carboxylic acids is 1. The van der Waals surface area contributed by atoms with E-state index in [-0.39, 0.29) is 31.2 Å². The maximum absolute atomic E-state index is 13.9. The Morgan fingerprint density at radius 1 is 1.23 bits per heavy atom. The molecule has 2 aromatic heterocycles. The molecule has 1 amide bonds. The van der Waals surface area contributed by atoms with E-state index < -0.39 is 11.9 Å². The molecule has 0 spiro atoms. The molecule has 2 aliphatic heterocycles. The Bertz CT molecular complexity index is 1360. The molecule has 1 N–H and O–H groups in total. The number of carbonyl (C=O) groups is 2. The maximum atomic E-state index is 13.9. The van der Waals surface area contributed by atoms with Crippen LogP contribution in [0.1, 0.15) is 43.5 Å². The average molecular weight is 549 g/mol. The molecule has 212 valence electrons. The highest BCUT2D eigenvalue weighted by molar-refractivity contribution is 5.94. The SMILES string of the molecule is CCCCN(C(=O)CN1C[C@H](c2ccc3c(c2)OCO3)C(C(=O)O)[C@@H]1CCc1nccn1C)c1ccc[n+](C)c1. The van der Waals surface area contributed by atoms with E-state index >= 15 is 0 Å². The van der Waals surface area contributed by atoms with Gasteiger partial charge in [0.1, 0.15) is 18.6 Å². The lowest BCUT2D eigenvalue weighted by atomic mass is 9.83. The van der Waals surface area contributed by atoms with Crippen molar-refractivity contribution in [2.75, 3.05) is 31.3 Å². The van der Waals surface area contributed by atoms with Crippen LogP contribution in [0.15, 0.2) is 55.1 Å². The van der Waals surface area contributed by atoms with Crippen molar-refractivity contribution in [3.63, 3.8) is 0 Å². The number of pyridine rings is 1. The summed E-state index contributed by atoms with van der Waals surface area (Å²) in [5.74, 6) is 0.302. The average Bonchev–Trinajstić information content (AvgIpc) is 3.65. The highest BCUT2D eigenvalue weighted by Gasteiger charge is 2.47. The van der Waals surface area contributed by atoms with E-state index in [0.29, 0.717) is 37.4 Å².